The molecule has 1 saturated heterocycles. The zero-order valence-electron chi connectivity index (χ0n) is 14.3. The van der Waals surface area contributed by atoms with Gasteiger partial charge >= 0.3 is 0 Å². The molecule has 1 N–H and O–H groups in total. The molecule has 0 bridgehead atoms. The SMILES string of the molecule is CCN1C(C)=C(C(C)=O)S/C1=C1\SC(=N)N(Cc2ccccc2)C1=O. The summed E-state index contributed by atoms with van der Waals surface area (Å²) in [4.78, 5) is 29.4. The van der Waals surface area contributed by atoms with Crippen molar-refractivity contribution in [3.63, 3.8) is 0 Å². The molecule has 1 aromatic rings. The lowest BCUT2D eigenvalue weighted by Gasteiger charge is -2.20. The molecule has 0 aliphatic carbocycles. The minimum atomic E-state index is -0.169. The summed E-state index contributed by atoms with van der Waals surface area (Å²) in [6, 6.07) is 9.65. The molecule has 25 heavy (non-hydrogen) atoms. The van der Waals surface area contributed by atoms with E-state index in [1.54, 1.807) is 6.92 Å². The van der Waals surface area contributed by atoms with Gasteiger partial charge in [-0.05, 0) is 38.1 Å². The number of amides is 1. The number of benzene rings is 1. The standard InChI is InChI=1S/C18H19N3O2S2/c1-4-20-11(2)14(12(3)22)24-17(20)15-16(23)21(18(19)25-15)10-13-8-6-5-7-9-13/h5-9,19H,4,10H2,1-3H3/b17-15-,19-18?. The Morgan fingerprint density at radius 1 is 1.16 bits per heavy atom. The van der Waals surface area contributed by atoms with Crippen molar-refractivity contribution in [2.75, 3.05) is 6.54 Å². The van der Waals surface area contributed by atoms with Crippen molar-refractivity contribution in [2.24, 2.45) is 0 Å². The van der Waals surface area contributed by atoms with E-state index in [2.05, 4.69) is 0 Å². The van der Waals surface area contributed by atoms with Crippen molar-refractivity contribution < 1.29 is 9.59 Å². The van der Waals surface area contributed by atoms with Gasteiger partial charge in [-0.15, -0.1) is 0 Å². The Morgan fingerprint density at radius 2 is 1.84 bits per heavy atom. The monoisotopic (exact) mass is 373 g/mol. The van der Waals surface area contributed by atoms with Crippen LogP contribution in [0.1, 0.15) is 26.3 Å². The van der Waals surface area contributed by atoms with Crippen LogP contribution >= 0.6 is 23.5 Å². The maximum absolute atomic E-state index is 12.9. The third kappa shape index (κ3) is 3.26. The van der Waals surface area contributed by atoms with E-state index in [4.69, 9.17) is 5.41 Å². The molecule has 0 aromatic heterocycles. The van der Waals surface area contributed by atoms with E-state index in [1.807, 2.05) is 49.1 Å². The summed E-state index contributed by atoms with van der Waals surface area (Å²) in [6.07, 6.45) is 0. The van der Waals surface area contributed by atoms with Gasteiger partial charge < -0.3 is 4.90 Å². The first kappa shape index (κ1) is 17.8. The summed E-state index contributed by atoms with van der Waals surface area (Å²) < 4.78 is 0. The van der Waals surface area contributed by atoms with Crippen molar-refractivity contribution in [1.29, 1.82) is 5.41 Å². The molecule has 0 unspecified atom stereocenters. The Bertz CT molecular complexity index is 815. The second kappa shape index (κ2) is 7.09. The van der Waals surface area contributed by atoms with Crippen LogP contribution in [0.15, 0.2) is 50.9 Å². The Kier molecular flexibility index (Phi) is 5.06. The van der Waals surface area contributed by atoms with Gasteiger partial charge in [0.15, 0.2) is 11.0 Å². The fraction of sp³-hybridized carbons (Fsp3) is 0.278. The largest absolute Gasteiger partial charge is 0.338 e. The van der Waals surface area contributed by atoms with Crippen LogP contribution in [0, 0.1) is 5.41 Å². The molecule has 0 radical (unpaired) electrons. The number of hydrogen-bond donors (Lipinski definition) is 1. The molecule has 0 atom stereocenters. The van der Waals surface area contributed by atoms with Gasteiger partial charge in [-0.2, -0.15) is 0 Å². The highest BCUT2D eigenvalue weighted by Gasteiger charge is 2.39. The van der Waals surface area contributed by atoms with E-state index < -0.39 is 0 Å². The first-order valence-electron chi connectivity index (χ1n) is 7.97. The number of nitrogens with zero attached hydrogens (tertiary/aromatic N) is 2. The fourth-order valence-corrected chi connectivity index (χ4v) is 5.08. The van der Waals surface area contributed by atoms with Gasteiger partial charge in [0.2, 0.25) is 0 Å². The average Bonchev–Trinajstić information content (AvgIpc) is 3.07. The molecule has 2 aliphatic rings. The number of carbonyl (C=O) groups is 2. The van der Waals surface area contributed by atoms with Crippen LogP contribution in [0.3, 0.4) is 0 Å². The Balaban J connectivity index is 1.91. The zero-order valence-corrected chi connectivity index (χ0v) is 16.0. The van der Waals surface area contributed by atoms with Gasteiger partial charge in [0.25, 0.3) is 5.91 Å². The van der Waals surface area contributed by atoms with Gasteiger partial charge in [0, 0.05) is 12.2 Å². The van der Waals surface area contributed by atoms with E-state index in [0.717, 1.165) is 16.3 Å². The molecule has 1 fully saturated rings. The molecular weight excluding hydrogens is 354 g/mol. The van der Waals surface area contributed by atoms with Gasteiger partial charge in [-0.25, -0.2) is 0 Å². The molecule has 2 heterocycles. The minimum Gasteiger partial charge on any atom is -0.338 e. The van der Waals surface area contributed by atoms with Crippen LogP contribution in [0.4, 0.5) is 0 Å². The molecule has 1 amide bonds. The molecule has 0 spiro atoms. The van der Waals surface area contributed by atoms with Crippen molar-refractivity contribution in [2.45, 2.75) is 27.3 Å². The first-order chi connectivity index (χ1) is 11.9. The summed E-state index contributed by atoms with van der Waals surface area (Å²) in [6.45, 7) is 6.49. The summed E-state index contributed by atoms with van der Waals surface area (Å²) in [5, 5.41) is 9.20. The van der Waals surface area contributed by atoms with Gasteiger partial charge in [-0.3, -0.25) is 19.9 Å². The highest BCUT2D eigenvalue weighted by molar-refractivity contribution is 8.19. The van der Waals surface area contributed by atoms with Crippen molar-refractivity contribution in [3.05, 3.63) is 56.4 Å². The van der Waals surface area contributed by atoms with E-state index in [0.29, 0.717) is 22.9 Å². The van der Waals surface area contributed by atoms with Crippen molar-refractivity contribution in [3.8, 4) is 0 Å². The number of rotatable bonds is 4. The Morgan fingerprint density at radius 3 is 2.44 bits per heavy atom. The minimum absolute atomic E-state index is 0.00298. The second-order valence-corrected chi connectivity index (χ2v) is 7.73. The highest BCUT2D eigenvalue weighted by atomic mass is 32.2. The quantitative estimate of drug-likeness (QED) is 0.814. The summed E-state index contributed by atoms with van der Waals surface area (Å²) in [5.41, 5.74) is 1.86. The number of hydrogen-bond acceptors (Lipinski definition) is 6. The maximum Gasteiger partial charge on any atom is 0.269 e. The fourth-order valence-electron chi connectivity index (χ4n) is 2.83. The van der Waals surface area contributed by atoms with Crippen LogP contribution in [0.5, 0.6) is 0 Å². The van der Waals surface area contributed by atoms with Crippen LogP contribution in [0.25, 0.3) is 0 Å². The lowest BCUT2D eigenvalue weighted by molar-refractivity contribution is -0.122. The maximum atomic E-state index is 12.9. The Hall–Kier alpha value is -1.99. The van der Waals surface area contributed by atoms with Crippen molar-refractivity contribution >= 4 is 40.4 Å². The summed E-state index contributed by atoms with van der Waals surface area (Å²) in [5.74, 6) is -0.166. The average molecular weight is 374 g/mol. The molecule has 2 aliphatic heterocycles. The van der Waals surface area contributed by atoms with Crippen LogP contribution in [-0.2, 0) is 16.1 Å². The second-order valence-electron chi connectivity index (χ2n) is 5.74. The molecule has 0 saturated carbocycles. The number of thioether (sulfide) groups is 2. The number of Topliss-reactive ketones (excluding diaryl/α,β-unsaturated/α-hetero) is 1. The topological polar surface area (TPSA) is 64.5 Å². The Labute approximate surface area is 155 Å². The molecule has 130 valence electrons. The van der Waals surface area contributed by atoms with E-state index >= 15 is 0 Å². The lowest BCUT2D eigenvalue weighted by atomic mass is 10.2. The van der Waals surface area contributed by atoms with Gasteiger partial charge in [0.1, 0.15) is 4.91 Å². The smallest absolute Gasteiger partial charge is 0.269 e. The van der Waals surface area contributed by atoms with E-state index in [-0.39, 0.29) is 16.9 Å². The van der Waals surface area contributed by atoms with Crippen LogP contribution in [-0.4, -0.2) is 33.2 Å². The number of amidine groups is 1. The summed E-state index contributed by atoms with van der Waals surface area (Å²) in [7, 11) is 0. The van der Waals surface area contributed by atoms with Gasteiger partial charge in [-0.1, -0.05) is 42.1 Å². The third-order valence-corrected chi connectivity index (χ3v) is 6.59. The number of allylic oxidation sites excluding steroid dienone is 2. The molecule has 3 rings (SSSR count). The van der Waals surface area contributed by atoms with E-state index in [9.17, 15) is 9.59 Å². The normalized spacial score (nSPS) is 20.9. The first-order valence-corrected chi connectivity index (χ1v) is 9.61. The van der Waals surface area contributed by atoms with E-state index in [1.165, 1.54) is 28.4 Å². The van der Waals surface area contributed by atoms with Crippen molar-refractivity contribution in [1.82, 2.24) is 9.80 Å². The molecule has 5 nitrogen and oxygen atoms in total. The highest BCUT2D eigenvalue weighted by Crippen LogP contribution is 2.47. The molecular formula is C18H19N3O2S2. The number of carbonyl (C=O) groups excluding carboxylic acids is 2. The molecule has 7 heteroatoms. The lowest BCUT2D eigenvalue weighted by Crippen LogP contribution is -2.28. The summed E-state index contributed by atoms with van der Waals surface area (Å²) >= 11 is 2.51. The van der Waals surface area contributed by atoms with Crippen LogP contribution in [0.2, 0.25) is 0 Å². The third-order valence-electron chi connectivity index (χ3n) is 4.07. The predicted octanol–water partition coefficient (Wildman–Crippen LogP) is 3.76. The number of ketones is 1. The predicted molar refractivity (Wildman–Crippen MR) is 103 cm³/mol. The van der Waals surface area contributed by atoms with Gasteiger partial charge in [0.05, 0.1) is 16.5 Å². The molecule has 1 aromatic carbocycles. The zero-order chi connectivity index (χ0) is 18.1. The number of nitrogens with one attached hydrogen (secondary N) is 1. The van der Waals surface area contributed by atoms with Crippen LogP contribution < -0.4 is 0 Å².